The minimum absolute atomic E-state index is 0.182. The van der Waals surface area contributed by atoms with Crippen molar-refractivity contribution in [3.8, 4) is 0 Å². The first-order valence-corrected chi connectivity index (χ1v) is 6.86. The molecule has 0 atom stereocenters. The maximum Gasteiger partial charge on any atom is 0.312 e. The summed E-state index contributed by atoms with van der Waals surface area (Å²) in [5, 5.41) is 3.31. The molecule has 3 nitrogen and oxygen atoms in total. The molecule has 0 unspecified atom stereocenters. The Labute approximate surface area is 116 Å². The Kier molecular flexibility index (Phi) is 6.03. The van der Waals surface area contributed by atoms with Gasteiger partial charge in [-0.15, -0.1) is 0 Å². The van der Waals surface area contributed by atoms with E-state index in [-0.39, 0.29) is 5.97 Å². The molecule has 106 valence electrons. The highest BCUT2D eigenvalue weighted by Crippen LogP contribution is 2.15. The van der Waals surface area contributed by atoms with Crippen LogP contribution in [0.1, 0.15) is 38.3 Å². The summed E-state index contributed by atoms with van der Waals surface area (Å²) in [6.07, 6.45) is 2.30. The van der Waals surface area contributed by atoms with Crippen molar-refractivity contribution in [3.05, 3.63) is 35.4 Å². The smallest absolute Gasteiger partial charge is 0.312 e. The van der Waals surface area contributed by atoms with Gasteiger partial charge in [0.2, 0.25) is 0 Å². The minimum atomic E-state index is -0.489. The number of benzene rings is 1. The van der Waals surface area contributed by atoms with Gasteiger partial charge >= 0.3 is 5.97 Å². The highest BCUT2D eigenvalue weighted by molar-refractivity contribution is 5.76. The molecule has 1 rings (SSSR count). The summed E-state index contributed by atoms with van der Waals surface area (Å²) in [7, 11) is 1.43. The van der Waals surface area contributed by atoms with Gasteiger partial charge in [-0.1, -0.05) is 37.6 Å². The Balaban J connectivity index is 2.42. The van der Waals surface area contributed by atoms with Gasteiger partial charge in [-0.25, -0.2) is 0 Å². The van der Waals surface area contributed by atoms with Crippen LogP contribution in [0.25, 0.3) is 0 Å². The normalized spacial score (nSPS) is 11.4. The van der Waals surface area contributed by atoms with E-state index in [0.29, 0.717) is 6.54 Å². The molecule has 0 saturated heterocycles. The lowest BCUT2D eigenvalue weighted by Gasteiger charge is -2.21. The molecule has 1 aromatic rings. The molecule has 0 spiro atoms. The van der Waals surface area contributed by atoms with Gasteiger partial charge in [0.05, 0.1) is 12.5 Å². The number of hydrogen-bond donors (Lipinski definition) is 1. The molecule has 0 amide bonds. The molecule has 0 radical (unpaired) electrons. The molecule has 0 aromatic heterocycles. The minimum Gasteiger partial charge on any atom is -0.469 e. The van der Waals surface area contributed by atoms with Gasteiger partial charge in [-0.05, 0) is 31.4 Å². The van der Waals surface area contributed by atoms with Gasteiger partial charge < -0.3 is 10.1 Å². The number of rotatable bonds is 7. The van der Waals surface area contributed by atoms with E-state index in [2.05, 4.69) is 36.5 Å². The Morgan fingerprint density at radius 1 is 1.21 bits per heavy atom. The first kappa shape index (κ1) is 15.7. The number of methoxy groups -OCH3 is 1. The quantitative estimate of drug-likeness (QED) is 0.769. The Morgan fingerprint density at radius 2 is 1.79 bits per heavy atom. The summed E-state index contributed by atoms with van der Waals surface area (Å²) in [6.45, 7) is 7.33. The van der Waals surface area contributed by atoms with Crippen LogP contribution in [0, 0.1) is 5.41 Å². The van der Waals surface area contributed by atoms with Crippen LogP contribution < -0.4 is 5.32 Å². The number of nitrogens with one attached hydrogen (secondary N) is 1. The third kappa shape index (κ3) is 5.03. The second kappa shape index (κ2) is 7.29. The molecule has 0 aliphatic rings. The summed E-state index contributed by atoms with van der Waals surface area (Å²) in [4.78, 5) is 11.5. The van der Waals surface area contributed by atoms with Crippen molar-refractivity contribution in [3.63, 3.8) is 0 Å². The van der Waals surface area contributed by atoms with Crippen LogP contribution >= 0.6 is 0 Å². The van der Waals surface area contributed by atoms with Gasteiger partial charge in [0.1, 0.15) is 0 Å². The molecule has 0 saturated carbocycles. The molecule has 3 heteroatoms. The zero-order valence-electron chi connectivity index (χ0n) is 12.5. The molecule has 0 fully saturated rings. The van der Waals surface area contributed by atoms with E-state index in [1.165, 1.54) is 24.7 Å². The lowest BCUT2D eigenvalue weighted by Crippen LogP contribution is -2.36. The van der Waals surface area contributed by atoms with Gasteiger partial charge in [0.15, 0.2) is 0 Å². The number of carbonyl (C=O) groups excluding carboxylic acids is 1. The second-order valence-electron chi connectivity index (χ2n) is 5.55. The van der Waals surface area contributed by atoms with Crippen LogP contribution in [-0.2, 0) is 22.5 Å². The van der Waals surface area contributed by atoms with Gasteiger partial charge in [0.25, 0.3) is 0 Å². The first-order valence-electron chi connectivity index (χ1n) is 6.86. The van der Waals surface area contributed by atoms with Gasteiger partial charge in [-0.3, -0.25) is 4.79 Å². The van der Waals surface area contributed by atoms with E-state index >= 15 is 0 Å². The number of aryl methyl sites for hydroxylation is 1. The molecule has 0 heterocycles. The number of hydrogen-bond acceptors (Lipinski definition) is 3. The molecule has 0 aliphatic heterocycles. The van der Waals surface area contributed by atoms with Crippen molar-refractivity contribution in [2.45, 2.75) is 40.2 Å². The zero-order valence-corrected chi connectivity index (χ0v) is 12.5. The average molecular weight is 263 g/mol. The summed E-state index contributed by atoms with van der Waals surface area (Å²) in [6, 6.07) is 8.63. The molecular weight excluding hydrogens is 238 g/mol. The Morgan fingerprint density at radius 3 is 2.32 bits per heavy atom. The van der Waals surface area contributed by atoms with Crippen LogP contribution in [0.5, 0.6) is 0 Å². The number of carbonyl (C=O) groups is 1. The fourth-order valence-electron chi connectivity index (χ4n) is 1.98. The predicted molar refractivity (Wildman–Crippen MR) is 77.9 cm³/mol. The van der Waals surface area contributed by atoms with Crippen LogP contribution in [-0.4, -0.2) is 19.6 Å². The largest absolute Gasteiger partial charge is 0.469 e. The maximum absolute atomic E-state index is 11.5. The van der Waals surface area contributed by atoms with Crippen molar-refractivity contribution in [2.24, 2.45) is 5.41 Å². The molecule has 0 bridgehead atoms. The molecule has 19 heavy (non-hydrogen) atoms. The SMILES string of the molecule is CCCc1ccc(CNCC(C)(C)C(=O)OC)cc1. The summed E-state index contributed by atoms with van der Waals surface area (Å²) in [5.74, 6) is -0.182. The van der Waals surface area contributed by atoms with E-state index in [1.807, 2.05) is 13.8 Å². The second-order valence-corrected chi connectivity index (χ2v) is 5.55. The fraction of sp³-hybridized carbons (Fsp3) is 0.562. The number of esters is 1. The summed E-state index contributed by atoms with van der Waals surface area (Å²) in [5.41, 5.74) is 2.12. The van der Waals surface area contributed by atoms with Crippen LogP contribution in [0.4, 0.5) is 0 Å². The predicted octanol–water partition coefficient (Wildman–Crippen LogP) is 2.93. The zero-order chi connectivity index (χ0) is 14.3. The average Bonchev–Trinajstić information content (AvgIpc) is 2.40. The van der Waals surface area contributed by atoms with Crippen molar-refractivity contribution >= 4 is 5.97 Å². The van der Waals surface area contributed by atoms with Crippen LogP contribution in [0.15, 0.2) is 24.3 Å². The topological polar surface area (TPSA) is 38.3 Å². The highest BCUT2D eigenvalue weighted by atomic mass is 16.5. The van der Waals surface area contributed by atoms with Crippen molar-refractivity contribution in [1.29, 1.82) is 0 Å². The third-order valence-corrected chi connectivity index (χ3v) is 3.20. The van der Waals surface area contributed by atoms with Crippen LogP contribution in [0.3, 0.4) is 0 Å². The lowest BCUT2D eigenvalue weighted by atomic mass is 9.93. The van der Waals surface area contributed by atoms with E-state index in [1.54, 1.807) is 0 Å². The Hall–Kier alpha value is -1.35. The van der Waals surface area contributed by atoms with Crippen molar-refractivity contribution in [1.82, 2.24) is 5.32 Å². The third-order valence-electron chi connectivity index (χ3n) is 3.20. The standard InChI is InChI=1S/C16H25NO2/c1-5-6-13-7-9-14(10-8-13)11-17-12-16(2,3)15(18)19-4/h7-10,17H,5-6,11-12H2,1-4H3. The maximum atomic E-state index is 11.5. The molecule has 1 aromatic carbocycles. The molecular formula is C16H25NO2. The van der Waals surface area contributed by atoms with E-state index in [0.717, 1.165) is 13.0 Å². The molecule has 0 aliphatic carbocycles. The van der Waals surface area contributed by atoms with Crippen LogP contribution in [0.2, 0.25) is 0 Å². The lowest BCUT2D eigenvalue weighted by molar-refractivity contribution is -0.150. The molecule has 1 N–H and O–H groups in total. The fourth-order valence-corrected chi connectivity index (χ4v) is 1.98. The number of ether oxygens (including phenoxy) is 1. The van der Waals surface area contributed by atoms with Crippen molar-refractivity contribution < 1.29 is 9.53 Å². The summed E-state index contributed by atoms with van der Waals surface area (Å²) >= 11 is 0. The monoisotopic (exact) mass is 263 g/mol. The Bertz CT molecular complexity index is 396. The van der Waals surface area contributed by atoms with E-state index in [9.17, 15) is 4.79 Å². The van der Waals surface area contributed by atoms with Crippen molar-refractivity contribution in [2.75, 3.05) is 13.7 Å². The van der Waals surface area contributed by atoms with Gasteiger partial charge in [-0.2, -0.15) is 0 Å². The van der Waals surface area contributed by atoms with Gasteiger partial charge in [0, 0.05) is 13.1 Å². The van der Waals surface area contributed by atoms with E-state index in [4.69, 9.17) is 4.74 Å². The first-order chi connectivity index (χ1) is 8.99. The van der Waals surface area contributed by atoms with E-state index < -0.39 is 5.41 Å². The summed E-state index contributed by atoms with van der Waals surface area (Å²) < 4.78 is 4.78. The highest BCUT2D eigenvalue weighted by Gasteiger charge is 2.27.